The second kappa shape index (κ2) is 6.02. The van der Waals surface area contributed by atoms with Gasteiger partial charge >= 0.3 is 5.97 Å². The Labute approximate surface area is 131 Å². The van der Waals surface area contributed by atoms with Gasteiger partial charge in [-0.2, -0.15) is 0 Å². The van der Waals surface area contributed by atoms with E-state index in [9.17, 15) is 4.79 Å². The summed E-state index contributed by atoms with van der Waals surface area (Å²) in [4.78, 5) is 15.4. The van der Waals surface area contributed by atoms with Gasteiger partial charge in [-0.3, -0.25) is 9.78 Å². The van der Waals surface area contributed by atoms with Gasteiger partial charge in [-0.05, 0) is 49.9 Å². The first-order valence-electron chi connectivity index (χ1n) is 7.17. The molecule has 1 saturated carbocycles. The van der Waals surface area contributed by atoms with Crippen LogP contribution in [0.2, 0.25) is 0 Å². The molecule has 1 aromatic carbocycles. The van der Waals surface area contributed by atoms with E-state index in [1.165, 1.54) is 0 Å². The number of halogens is 1. The summed E-state index contributed by atoms with van der Waals surface area (Å²) in [6.45, 7) is 0. The molecule has 0 aliphatic heterocycles. The van der Waals surface area contributed by atoms with Crippen LogP contribution in [0.25, 0.3) is 10.9 Å². The number of nitrogens with zero attached hydrogens (tertiary/aromatic N) is 1. The Morgan fingerprint density at radius 1 is 1.24 bits per heavy atom. The third-order valence-corrected chi connectivity index (χ3v) is 4.63. The van der Waals surface area contributed by atoms with Crippen LogP contribution < -0.4 is 5.32 Å². The maximum atomic E-state index is 11.0. The topological polar surface area (TPSA) is 62.2 Å². The standard InChI is InChI=1S/C16H17BrN2O2/c17-11-3-6-13-14(7-8-18-15(13)9-11)19-12-4-1-10(2-5-12)16(20)21/h3,6-10,12H,1-2,4-5H2,(H,18,19)(H,20,21). The van der Waals surface area contributed by atoms with Crippen molar-refractivity contribution in [2.45, 2.75) is 31.7 Å². The van der Waals surface area contributed by atoms with Gasteiger partial charge in [-0.15, -0.1) is 0 Å². The van der Waals surface area contributed by atoms with Crippen LogP contribution >= 0.6 is 15.9 Å². The summed E-state index contributed by atoms with van der Waals surface area (Å²) in [6, 6.07) is 8.39. The van der Waals surface area contributed by atoms with Crippen molar-refractivity contribution in [2.75, 3.05) is 5.32 Å². The number of carbonyl (C=O) groups is 1. The molecule has 1 fully saturated rings. The van der Waals surface area contributed by atoms with Crippen LogP contribution in [-0.2, 0) is 4.79 Å². The highest BCUT2D eigenvalue weighted by Crippen LogP contribution is 2.30. The molecule has 2 N–H and O–H groups in total. The van der Waals surface area contributed by atoms with Crippen molar-refractivity contribution >= 4 is 38.5 Å². The summed E-state index contributed by atoms with van der Waals surface area (Å²) in [6.07, 6.45) is 5.11. The van der Waals surface area contributed by atoms with Crippen LogP contribution in [0.5, 0.6) is 0 Å². The minimum Gasteiger partial charge on any atom is -0.481 e. The van der Waals surface area contributed by atoms with Gasteiger partial charge in [0.2, 0.25) is 0 Å². The summed E-state index contributed by atoms with van der Waals surface area (Å²) in [7, 11) is 0. The molecule has 0 spiro atoms. The molecular weight excluding hydrogens is 332 g/mol. The number of pyridine rings is 1. The summed E-state index contributed by atoms with van der Waals surface area (Å²) in [5.41, 5.74) is 2.03. The smallest absolute Gasteiger partial charge is 0.306 e. The van der Waals surface area contributed by atoms with Gasteiger partial charge < -0.3 is 10.4 Å². The van der Waals surface area contributed by atoms with Gasteiger partial charge in [0, 0.05) is 27.8 Å². The Balaban J connectivity index is 1.75. The number of nitrogens with one attached hydrogen (secondary N) is 1. The number of carboxylic acid groups (broad SMARTS) is 1. The van der Waals surface area contributed by atoms with Crippen LogP contribution in [-0.4, -0.2) is 22.1 Å². The van der Waals surface area contributed by atoms with Crippen molar-refractivity contribution in [2.24, 2.45) is 5.92 Å². The SMILES string of the molecule is O=C(O)C1CCC(Nc2ccnc3cc(Br)ccc23)CC1. The number of rotatable bonds is 3. The normalized spacial score (nSPS) is 22.1. The summed E-state index contributed by atoms with van der Waals surface area (Å²) in [5.74, 6) is -0.833. The van der Waals surface area contributed by atoms with Crippen LogP contribution in [0.1, 0.15) is 25.7 Å². The molecule has 3 rings (SSSR count). The van der Waals surface area contributed by atoms with Crippen LogP contribution in [0.4, 0.5) is 5.69 Å². The summed E-state index contributed by atoms with van der Waals surface area (Å²) in [5, 5.41) is 13.7. The van der Waals surface area contributed by atoms with Crippen LogP contribution in [0.15, 0.2) is 34.9 Å². The molecule has 0 amide bonds. The van der Waals surface area contributed by atoms with Crippen molar-refractivity contribution in [1.82, 2.24) is 4.98 Å². The van der Waals surface area contributed by atoms with Crippen LogP contribution in [0, 0.1) is 5.92 Å². The van der Waals surface area contributed by atoms with Gasteiger partial charge in [0.1, 0.15) is 0 Å². The largest absolute Gasteiger partial charge is 0.481 e. The van der Waals surface area contributed by atoms with Gasteiger partial charge in [0.05, 0.1) is 11.4 Å². The lowest BCUT2D eigenvalue weighted by Gasteiger charge is -2.28. The zero-order chi connectivity index (χ0) is 14.8. The molecular formula is C16H17BrN2O2. The van der Waals surface area contributed by atoms with E-state index in [0.717, 1.165) is 46.7 Å². The van der Waals surface area contributed by atoms with Gasteiger partial charge in [0.25, 0.3) is 0 Å². The molecule has 0 unspecified atom stereocenters. The van der Waals surface area contributed by atoms with Crippen LogP contribution in [0.3, 0.4) is 0 Å². The van der Waals surface area contributed by atoms with Crippen molar-refractivity contribution in [3.8, 4) is 0 Å². The lowest BCUT2D eigenvalue weighted by Crippen LogP contribution is -2.29. The van der Waals surface area contributed by atoms with Gasteiger partial charge in [0.15, 0.2) is 0 Å². The predicted octanol–water partition coefficient (Wildman–Crippen LogP) is 4.05. The first kappa shape index (κ1) is 14.3. The Bertz CT molecular complexity index is 666. The second-order valence-corrected chi connectivity index (χ2v) is 6.47. The number of hydrogen-bond acceptors (Lipinski definition) is 3. The van der Waals surface area contributed by atoms with Gasteiger partial charge in [-0.1, -0.05) is 15.9 Å². The fourth-order valence-corrected chi connectivity index (χ4v) is 3.30. The van der Waals surface area contributed by atoms with E-state index in [1.807, 2.05) is 18.2 Å². The average Bonchev–Trinajstić information content (AvgIpc) is 2.47. The third-order valence-electron chi connectivity index (χ3n) is 4.14. The number of carboxylic acids is 1. The zero-order valence-electron chi connectivity index (χ0n) is 11.6. The van der Waals surface area contributed by atoms with E-state index >= 15 is 0 Å². The number of aliphatic carboxylic acids is 1. The molecule has 0 bridgehead atoms. The fraction of sp³-hybridized carbons (Fsp3) is 0.375. The highest BCUT2D eigenvalue weighted by atomic mass is 79.9. The zero-order valence-corrected chi connectivity index (χ0v) is 13.1. The molecule has 1 aliphatic carbocycles. The van der Waals surface area contributed by atoms with E-state index in [1.54, 1.807) is 6.20 Å². The lowest BCUT2D eigenvalue weighted by atomic mass is 9.86. The molecule has 5 heteroatoms. The maximum Gasteiger partial charge on any atom is 0.306 e. The molecule has 2 aromatic rings. The molecule has 0 atom stereocenters. The predicted molar refractivity (Wildman–Crippen MR) is 86.4 cm³/mol. The van der Waals surface area contributed by atoms with Crippen molar-refractivity contribution in [1.29, 1.82) is 0 Å². The quantitative estimate of drug-likeness (QED) is 0.878. The van der Waals surface area contributed by atoms with Gasteiger partial charge in [-0.25, -0.2) is 0 Å². The van der Waals surface area contributed by atoms with E-state index in [0.29, 0.717) is 6.04 Å². The number of benzene rings is 1. The average molecular weight is 349 g/mol. The highest BCUT2D eigenvalue weighted by molar-refractivity contribution is 9.10. The minimum absolute atomic E-state index is 0.173. The summed E-state index contributed by atoms with van der Waals surface area (Å²) < 4.78 is 1.02. The number of anilines is 1. The Morgan fingerprint density at radius 3 is 2.71 bits per heavy atom. The molecule has 21 heavy (non-hydrogen) atoms. The molecule has 110 valence electrons. The Kier molecular flexibility index (Phi) is 4.10. The third kappa shape index (κ3) is 3.18. The number of fused-ring (bicyclic) bond motifs is 1. The van der Waals surface area contributed by atoms with E-state index in [2.05, 4.69) is 32.3 Å². The van der Waals surface area contributed by atoms with E-state index in [4.69, 9.17) is 5.11 Å². The highest BCUT2D eigenvalue weighted by Gasteiger charge is 2.25. The Morgan fingerprint density at radius 2 is 2.00 bits per heavy atom. The molecule has 4 nitrogen and oxygen atoms in total. The number of aromatic nitrogens is 1. The second-order valence-electron chi connectivity index (χ2n) is 5.55. The maximum absolute atomic E-state index is 11.0. The molecule has 1 heterocycles. The first-order valence-corrected chi connectivity index (χ1v) is 7.96. The monoisotopic (exact) mass is 348 g/mol. The fourth-order valence-electron chi connectivity index (χ4n) is 2.95. The molecule has 0 radical (unpaired) electrons. The van der Waals surface area contributed by atoms with Crippen molar-refractivity contribution in [3.63, 3.8) is 0 Å². The first-order chi connectivity index (χ1) is 10.1. The molecule has 1 aromatic heterocycles. The van der Waals surface area contributed by atoms with Crippen molar-refractivity contribution < 1.29 is 9.90 Å². The molecule has 1 aliphatic rings. The number of hydrogen-bond donors (Lipinski definition) is 2. The van der Waals surface area contributed by atoms with E-state index in [-0.39, 0.29) is 5.92 Å². The van der Waals surface area contributed by atoms with E-state index < -0.39 is 5.97 Å². The summed E-state index contributed by atoms with van der Waals surface area (Å²) >= 11 is 3.46. The molecule has 0 saturated heterocycles. The Hall–Kier alpha value is -1.62. The lowest BCUT2D eigenvalue weighted by molar-refractivity contribution is -0.142. The van der Waals surface area contributed by atoms with Crippen molar-refractivity contribution in [3.05, 3.63) is 34.9 Å². The minimum atomic E-state index is -0.660.